The molecule has 0 N–H and O–H groups in total. The minimum absolute atomic E-state index is 0.103. The van der Waals surface area contributed by atoms with Crippen LogP contribution < -0.4 is 9.64 Å². The van der Waals surface area contributed by atoms with Gasteiger partial charge in [0.2, 0.25) is 10.0 Å². The molecule has 0 saturated heterocycles. The third-order valence-electron chi connectivity index (χ3n) is 5.31. The van der Waals surface area contributed by atoms with Crippen LogP contribution in [-0.4, -0.2) is 75.4 Å². The molecule has 36 heavy (non-hydrogen) atoms. The number of thiazole rings is 1. The minimum atomic E-state index is -3.75. The number of amides is 1. The molecule has 2 aromatic carbocycles. The zero-order valence-electron chi connectivity index (χ0n) is 20.9. The standard InChI is InChI=1S/C26H32N4O4S2/c1-6-15-29(16-7-2)36(32,33)22-12-9-20(10-13-22)25(31)30(18-17-28(4)5)26-27-23-14-11-21(34-8-3)19-24(23)35-26/h6-7,9-14,19H,1-2,8,15-18H2,3-5H3. The zero-order valence-corrected chi connectivity index (χ0v) is 22.5. The van der Waals surface area contributed by atoms with Crippen LogP contribution >= 0.6 is 11.3 Å². The summed E-state index contributed by atoms with van der Waals surface area (Å²) in [6.45, 7) is 11.1. The molecular weight excluding hydrogens is 496 g/mol. The van der Waals surface area contributed by atoms with Gasteiger partial charge in [-0.3, -0.25) is 9.69 Å². The second-order valence-corrected chi connectivity index (χ2v) is 11.2. The molecule has 3 rings (SSSR count). The maximum Gasteiger partial charge on any atom is 0.260 e. The van der Waals surface area contributed by atoms with E-state index in [1.807, 2.05) is 44.1 Å². The van der Waals surface area contributed by atoms with Gasteiger partial charge in [-0.1, -0.05) is 23.5 Å². The molecule has 0 atom stereocenters. The van der Waals surface area contributed by atoms with Crippen LogP contribution in [0, 0.1) is 0 Å². The maximum absolute atomic E-state index is 13.6. The number of carbonyl (C=O) groups excluding carboxylic acids is 1. The number of carbonyl (C=O) groups is 1. The van der Waals surface area contributed by atoms with Gasteiger partial charge in [0.15, 0.2) is 5.13 Å². The number of ether oxygens (including phenoxy) is 1. The molecule has 0 saturated carbocycles. The topological polar surface area (TPSA) is 83.1 Å². The van der Waals surface area contributed by atoms with Gasteiger partial charge in [0.05, 0.1) is 21.7 Å². The van der Waals surface area contributed by atoms with Gasteiger partial charge in [0.1, 0.15) is 5.75 Å². The first-order valence-electron chi connectivity index (χ1n) is 11.5. The molecule has 0 aliphatic carbocycles. The number of aromatic nitrogens is 1. The molecule has 0 radical (unpaired) electrons. The lowest BCUT2D eigenvalue weighted by Gasteiger charge is -2.22. The van der Waals surface area contributed by atoms with Gasteiger partial charge < -0.3 is 9.64 Å². The summed E-state index contributed by atoms with van der Waals surface area (Å²) in [5.74, 6) is 0.504. The first-order chi connectivity index (χ1) is 17.2. The van der Waals surface area contributed by atoms with E-state index in [0.717, 1.165) is 16.0 Å². The van der Waals surface area contributed by atoms with E-state index in [-0.39, 0.29) is 23.9 Å². The van der Waals surface area contributed by atoms with Crippen molar-refractivity contribution in [3.05, 3.63) is 73.3 Å². The largest absolute Gasteiger partial charge is 0.494 e. The molecule has 0 aliphatic heterocycles. The van der Waals surface area contributed by atoms with Crippen LogP contribution in [0.1, 0.15) is 17.3 Å². The number of nitrogens with zero attached hydrogens (tertiary/aromatic N) is 4. The number of anilines is 1. The molecule has 0 spiro atoms. The number of likely N-dealkylation sites (N-methyl/N-ethyl adjacent to an activating group) is 1. The summed E-state index contributed by atoms with van der Waals surface area (Å²) in [7, 11) is 0.125. The fourth-order valence-electron chi connectivity index (χ4n) is 3.48. The molecule has 0 aliphatic rings. The lowest BCUT2D eigenvalue weighted by atomic mass is 10.2. The summed E-state index contributed by atoms with van der Waals surface area (Å²) in [6.07, 6.45) is 3.05. The van der Waals surface area contributed by atoms with Crippen molar-refractivity contribution >= 4 is 42.6 Å². The van der Waals surface area contributed by atoms with Crippen molar-refractivity contribution in [1.82, 2.24) is 14.2 Å². The highest BCUT2D eigenvalue weighted by Crippen LogP contribution is 2.32. The molecule has 1 amide bonds. The van der Waals surface area contributed by atoms with Crippen LogP contribution in [0.4, 0.5) is 5.13 Å². The van der Waals surface area contributed by atoms with Crippen molar-refractivity contribution in [1.29, 1.82) is 0 Å². The Kier molecular flexibility index (Phi) is 9.38. The Morgan fingerprint density at radius 3 is 2.31 bits per heavy atom. The van der Waals surface area contributed by atoms with E-state index >= 15 is 0 Å². The number of benzene rings is 2. The molecule has 0 bridgehead atoms. The van der Waals surface area contributed by atoms with Gasteiger partial charge in [0, 0.05) is 31.7 Å². The Balaban J connectivity index is 1.92. The highest BCUT2D eigenvalue weighted by atomic mass is 32.2. The van der Waals surface area contributed by atoms with Crippen molar-refractivity contribution in [2.45, 2.75) is 11.8 Å². The van der Waals surface area contributed by atoms with Crippen LogP contribution in [0.3, 0.4) is 0 Å². The number of rotatable bonds is 13. The van der Waals surface area contributed by atoms with Gasteiger partial charge in [-0.05, 0) is 63.5 Å². The average molecular weight is 529 g/mol. The van der Waals surface area contributed by atoms with Gasteiger partial charge in [-0.25, -0.2) is 13.4 Å². The molecular formula is C26H32N4O4S2. The molecule has 192 valence electrons. The normalized spacial score (nSPS) is 11.7. The highest BCUT2D eigenvalue weighted by molar-refractivity contribution is 7.89. The van der Waals surface area contributed by atoms with Crippen molar-refractivity contribution in [3.8, 4) is 5.75 Å². The monoisotopic (exact) mass is 528 g/mol. The second kappa shape index (κ2) is 12.3. The van der Waals surface area contributed by atoms with Crippen molar-refractivity contribution in [2.24, 2.45) is 0 Å². The highest BCUT2D eigenvalue weighted by Gasteiger charge is 2.25. The van der Waals surface area contributed by atoms with Crippen molar-refractivity contribution in [3.63, 3.8) is 0 Å². The second-order valence-electron chi connectivity index (χ2n) is 8.24. The number of fused-ring (bicyclic) bond motifs is 1. The quantitative estimate of drug-likeness (QED) is 0.308. The van der Waals surface area contributed by atoms with Gasteiger partial charge in [0.25, 0.3) is 5.91 Å². The maximum atomic E-state index is 13.6. The van der Waals surface area contributed by atoms with E-state index in [1.165, 1.54) is 39.9 Å². The molecule has 3 aromatic rings. The fourth-order valence-corrected chi connectivity index (χ4v) is 5.88. The number of sulfonamides is 1. The Morgan fingerprint density at radius 2 is 1.72 bits per heavy atom. The number of hydrogen-bond acceptors (Lipinski definition) is 7. The summed E-state index contributed by atoms with van der Waals surface area (Å²) < 4.78 is 33.8. The SMILES string of the molecule is C=CCN(CC=C)S(=O)(=O)c1ccc(C(=O)N(CCN(C)C)c2nc3ccc(OCC)cc3s2)cc1. The minimum Gasteiger partial charge on any atom is -0.494 e. The summed E-state index contributed by atoms with van der Waals surface area (Å²) in [5.41, 5.74) is 1.16. The molecule has 0 fully saturated rings. The van der Waals surface area contributed by atoms with E-state index < -0.39 is 10.0 Å². The van der Waals surface area contributed by atoms with E-state index in [1.54, 1.807) is 17.0 Å². The number of hydrogen-bond donors (Lipinski definition) is 0. The predicted molar refractivity (Wildman–Crippen MR) is 147 cm³/mol. The third-order valence-corrected chi connectivity index (χ3v) is 8.20. The van der Waals surface area contributed by atoms with E-state index in [0.29, 0.717) is 30.4 Å². The fraction of sp³-hybridized carbons (Fsp3) is 0.308. The first kappa shape index (κ1) is 27.5. The van der Waals surface area contributed by atoms with Gasteiger partial charge in [-0.2, -0.15) is 4.31 Å². The third kappa shape index (κ3) is 6.38. The van der Waals surface area contributed by atoms with Crippen LogP contribution in [0.25, 0.3) is 10.2 Å². The van der Waals surface area contributed by atoms with Crippen LogP contribution in [0.5, 0.6) is 5.75 Å². The van der Waals surface area contributed by atoms with Gasteiger partial charge >= 0.3 is 0 Å². The molecule has 0 unspecified atom stereocenters. The van der Waals surface area contributed by atoms with Crippen molar-refractivity contribution in [2.75, 3.05) is 51.8 Å². The lowest BCUT2D eigenvalue weighted by Crippen LogP contribution is -2.36. The van der Waals surface area contributed by atoms with Gasteiger partial charge in [-0.15, -0.1) is 13.2 Å². The van der Waals surface area contributed by atoms with E-state index in [9.17, 15) is 13.2 Å². The van der Waals surface area contributed by atoms with E-state index in [2.05, 4.69) is 18.1 Å². The van der Waals surface area contributed by atoms with Crippen LogP contribution in [0.15, 0.2) is 72.7 Å². The smallest absolute Gasteiger partial charge is 0.260 e. The Labute approximate surface area is 217 Å². The summed E-state index contributed by atoms with van der Waals surface area (Å²) >= 11 is 1.42. The lowest BCUT2D eigenvalue weighted by molar-refractivity contribution is 0.0985. The Morgan fingerprint density at radius 1 is 1.06 bits per heavy atom. The van der Waals surface area contributed by atoms with Crippen LogP contribution in [0.2, 0.25) is 0 Å². The summed E-state index contributed by atoms with van der Waals surface area (Å²) in [5, 5.41) is 0.574. The summed E-state index contributed by atoms with van der Waals surface area (Å²) in [4.78, 5) is 22.0. The van der Waals surface area contributed by atoms with E-state index in [4.69, 9.17) is 4.74 Å². The molecule has 1 aromatic heterocycles. The average Bonchev–Trinajstić information content (AvgIpc) is 3.27. The first-order valence-corrected chi connectivity index (χ1v) is 13.8. The summed E-state index contributed by atoms with van der Waals surface area (Å²) in [6, 6.07) is 11.7. The zero-order chi connectivity index (χ0) is 26.3. The molecule has 1 heterocycles. The van der Waals surface area contributed by atoms with Crippen molar-refractivity contribution < 1.29 is 17.9 Å². The molecule has 10 heteroatoms. The van der Waals surface area contributed by atoms with Crippen LogP contribution in [-0.2, 0) is 10.0 Å². The Hall–Kier alpha value is -3.05. The Bertz CT molecular complexity index is 1310. The predicted octanol–water partition coefficient (Wildman–Crippen LogP) is 4.27. The molecule has 8 nitrogen and oxygen atoms in total.